The summed E-state index contributed by atoms with van der Waals surface area (Å²) in [6.07, 6.45) is 13.6. The van der Waals surface area contributed by atoms with Crippen LogP contribution in [0.15, 0.2) is 48.5 Å². The molecule has 194 valence electrons. The molecule has 0 unspecified atom stereocenters. The molecule has 4 nitrogen and oxygen atoms in total. The van der Waals surface area contributed by atoms with Crippen molar-refractivity contribution in [2.24, 2.45) is 0 Å². The largest absolute Gasteiger partial charge is 0.508 e. The van der Waals surface area contributed by atoms with Crippen LogP contribution in [-0.4, -0.2) is 31.5 Å². The van der Waals surface area contributed by atoms with Crippen molar-refractivity contribution in [3.63, 3.8) is 0 Å². The summed E-state index contributed by atoms with van der Waals surface area (Å²) in [6.45, 7) is 2.81. The van der Waals surface area contributed by atoms with Gasteiger partial charge in [0.05, 0.1) is 6.61 Å². The fraction of sp³-hybridized carbons (Fsp3) is 0.594. The summed E-state index contributed by atoms with van der Waals surface area (Å²) in [7, 11) is 0. The average Bonchev–Trinajstić information content (AvgIpc) is 3.38. The Morgan fingerprint density at radius 3 is 1.78 bits per heavy atom. The van der Waals surface area contributed by atoms with Crippen LogP contribution in [0.4, 0.5) is 4.79 Å². The Hall–Kier alpha value is -2.33. The summed E-state index contributed by atoms with van der Waals surface area (Å²) in [5.41, 5.74) is 5.67. The van der Waals surface area contributed by atoms with Crippen LogP contribution in [0.25, 0.3) is 0 Å². The minimum Gasteiger partial charge on any atom is -0.435 e. The van der Waals surface area contributed by atoms with E-state index in [9.17, 15) is 4.79 Å². The van der Waals surface area contributed by atoms with Crippen molar-refractivity contribution in [3.05, 3.63) is 70.8 Å². The average molecular weight is 490 g/mol. The van der Waals surface area contributed by atoms with E-state index in [1.165, 1.54) is 86.5 Å². The Labute approximate surface area is 217 Å². The highest BCUT2D eigenvalue weighted by Gasteiger charge is 2.35. The molecule has 1 heterocycles. The second kappa shape index (κ2) is 12.3. The van der Waals surface area contributed by atoms with E-state index in [0.717, 1.165) is 6.42 Å². The molecule has 0 aromatic heterocycles. The van der Waals surface area contributed by atoms with Gasteiger partial charge in [-0.25, -0.2) is 4.79 Å². The van der Waals surface area contributed by atoms with Crippen LogP contribution in [0.3, 0.4) is 0 Å². The number of rotatable bonds is 7. The van der Waals surface area contributed by atoms with Crippen molar-refractivity contribution in [1.29, 1.82) is 0 Å². The van der Waals surface area contributed by atoms with Crippen LogP contribution >= 0.6 is 0 Å². The maximum atomic E-state index is 11.9. The third-order valence-corrected chi connectivity index (χ3v) is 8.80. The first-order valence-corrected chi connectivity index (χ1v) is 14.5. The highest BCUT2D eigenvalue weighted by Crippen LogP contribution is 2.38. The Morgan fingerprint density at radius 2 is 1.31 bits per heavy atom. The van der Waals surface area contributed by atoms with Gasteiger partial charge in [0.2, 0.25) is 0 Å². The molecule has 0 bridgehead atoms. The number of carbonyl (C=O) groups excluding carboxylic acids is 1. The lowest BCUT2D eigenvalue weighted by atomic mass is 9.79. The molecule has 2 aliphatic carbocycles. The first kappa shape index (κ1) is 25.3. The Balaban J connectivity index is 1.36. The van der Waals surface area contributed by atoms with Crippen LogP contribution < -0.4 is 5.32 Å². The Morgan fingerprint density at radius 1 is 0.806 bits per heavy atom. The summed E-state index contributed by atoms with van der Waals surface area (Å²) in [6, 6.07) is 19.1. The van der Waals surface area contributed by atoms with E-state index in [4.69, 9.17) is 9.47 Å². The third-order valence-electron chi connectivity index (χ3n) is 8.80. The van der Waals surface area contributed by atoms with E-state index in [-0.39, 0.29) is 18.1 Å². The minimum absolute atomic E-state index is 0.153. The molecule has 3 fully saturated rings. The number of hydrogen-bond donors (Lipinski definition) is 1. The Kier molecular flexibility index (Phi) is 8.63. The molecule has 3 aliphatic rings. The van der Waals surface area contributed by atoms with Gasteiger partial charge in [0.1, 0.15) is 6.10 Å². The molecule has 1 aliphatic heterocycles. The zero-order chi connectivity index (χ0) is 24.7. The van der Waals surface area contributed by atoms with E-state index in [1.54, 1.807) is 6.92 Å². The molecule has 2 aromatic rings. The fourth-order valence-corrected chi connectivity index (χ4v) is 6.84. The maximum absolute atomic E-state index is 11.9. The zero-order valence-electron chi connectivity index (χ0n) is 21.9. The molecule has 0 spiro atoms. The second-order valence-corrected chi connectivity index (χ2v) is 11.2. The van der Waals surface area contributed by atoms with E-state index in [0.29, 0.717) is 25.0 Å². The molecule has 2 aromatic carbocycles. The van der Waals surface area contributed by atoms with E-state index in [1.807, 2.05) is 0 Å². The van der Waals surface area contributed by atoms with Crippen molar-refractivity contribution in [1.82, 2.24) is 5.32 Å². The van der Waals surface area contributed by atoms with Gasteiger partial charge in [0, 0.05) is 24.9 Å². The number of hydrogen-bond acceptors (Lipinski definition) is 4. The number of benzene rings is 2. The van der Waals surface area contributed by atoms with Gasteiger partial charge in [-0.3, -0.25) is 0 Å². The van der Waals surface area contributed by atoms with Crippen LogP contribution in [0.2, 0.25) is 0 Å². The van der Waals surface area contributed by atoms with Crippen LogP contribution in [0.5, 0.6) is 0 Å². The van der Waals surface area contributed by atoms with Crippen LogP contribution in [0, 0.1) is 0 Å². The maximum Gasteiger partial charge on any atom is 0.508 e. The number of ether oxygens (including phenoxy) is 2. The monoisotopic (exact) mass is 489 g/mol. The minimum atomic E-state index is -0.560. The highest BCUT2D eigenvalue weighted by molar-refractivity contribution is 5.60. The van der Waals surface area contributed by atoms with Gasteiger partial charge in [0.15, 0.2) is 0 Å². The summed E-state index contributed by atoms with van der Waals surface area (Å²) in [5, 5.41) is 3.67. The highest BCUT2D eigenvalue weighted by atomic mass is 16.7. The third kappa shape index (κ3) is 6.14. The molecule has 2 atom stereocenters. The predicted octanol–water partition coefficient (Wildman–Crippen LogP) is 7.82. The van der Waals surface area contributed by atoms with Crippen molar-refractivity contribution >= 4 is 6.16 Å². The second-order valence-electron chi connectivity index (χ2n) is 11.2. The van der Waals surface area contributed by atoms with Crippen molar-refractivity contribution in [2.45, 2.75) is 107 Å². The van der Waals surface area contributed by atoms with Gasteiger partial charge in [-0.05, 0) is 66.7 Å². The zero-order valence-corrected chi connectivity index (χ0v) is 21.9. The first-order chi connectivity index (χ1) is 17.7. The summed E-state index contributed by atoms with van der Waals surface area (Å²) < 4.78 is 10.6. The van der Waals surface area contributed by atoms with Gasteiger partial charge < -0.3 is 14.8 Å². The molecule has 1 N–H and O–H groups in total. The first-order valence-electron chi connectivity index (χ1n) is 14.5. The van der Waals surface area contributed by atoms with Gasteiger partial charge in [-0.2, -0.15) is 0 Å². The molecule has 0 amide bonds. The van der Waals surface area contributed by atoms with Gasteiger partial charge in [-0.1, -0.05) is 87.1 Å². The molecule has 0 radical (unpaired) electrons. The number of nitrogens with one attached hydrogen (secondary N) is 1. The SMILES string of the molecule is CCOC(=O)O[C@H]1CN[C@@H](C(c2ccc(C3CCCCC3)cc2)c2ccc(C3CCCCC3)cc2)C1. The van der Waals surface area contributed by atoms with Crippen LogP contribution in [-0.2, 0) is 9.47 Å². The molecular weight excluding hydrogens is 446 g/mol. The lowest BCUT2D eigenvalue weighted by Gasteiger charge is -2.27. The van der Waals surface area contributed by atoms with Gasteiger partial charge in [-0.15, -0.1) is 0 Å². The molecule has 1 saturated heterocycles. The molecule has 36 heavy (non-hydrogen) atoms. The van der Waals surface area contributed by atoms with E-state index < -0.39 is 6.16 Å². The summed E-state index contributed by atoms with van der Waals surface area (Å²) in [5.74, 6) is 1.66. The van der Waals surface area contributed by atoms with Gasteiger partial charge >= 0.3 is 6.16 Å². The Bertz CT molecular complexity index is 896. The molecule has 2 saturated carbocycles. The van der Waals surface area contributed by atoms with Gasteiger partial charge in [0.25, 0.3) is 0 Å². The molecule has 4 heteroatoms. The lowest BCUT2D eigenvalue weighted by Crippen LogP contribution is -2.29. The topological polar surface area (TPSA) is 47.6 Å². The summed E-state index contributed by atoms with van der Waals surface area (Å²) >= 11 is 0. The van der Waals surface area contributed by atoms with Crippen molar-refractivity contribution < 1.29 is 14.3 Å². The number of carbonyl (C=O) groups is 1. The summed E-state index contributed by atoms with van der Waals surface area (Å²) in [4.78, 5) is 11.9. The molecular formula is C32H43NO3. The van der Waals surface area contributed by atoms with E-state index in [2.05, 4.69) is 53.8 Å². The smallest absolute Gasteiger partial charge is 0.435 e. The van der Waals surface area contributed by atoms with Crippen LogP contribution in [0.1, 0.15) is 118 Å². The quantitative estimate of drug-likeness (QED) is 0.403. The lowest BCUT2D eigenvalue weighted by molar-refractivity contribution is 0.0318. The normalized spacial score (nSPS) is 23.6. The van der Waals surface area contributed by atoms with Crippen molar-refractivity contribution in [3.8, 4) is 0 Å². The fourth-order valence-electron chi connectivity index (χ4n) is 6.84. The van der Waals surface area contributed by atoms with E-state index >= 15 is 0 Å². The predicted molar refractivity (Wildman–Crippen MR) is 145 cm³/mol. The molecule has 5 rings (SSSR count). The van der Waals surface area contributed by atoms with Crippen molar-refractivity contribution in [2.75, 3.05) is 13.2 Å². The standard InChI is InChI=1S/C32H43NO3/c1-2-35-32(34)36-29-21-30(33-22-29)31(27-17-13-25(14-18-27)23-9-5-3-6-10-23)28-19-15-26(16-20-28)24-11-7-4-8-12-24/h13-20,23-24,29-31,33H,2-12,21-22H2,1H3/t29-,30-/m1/s1.